The predicted octanol–water partition coefficient (Wildman–Crippen LogP) is 1.84. The number of carbonyl (C=O) groups excluding carboxylic acids is 4. The number of nitrogens with two attached hydrogens (primary N) is 1. The molecule has 0 heterocycles. The molecule has 0 saturated heterocycles. The lowest BCUT2D eigenvalue weighted by Crippen LogP contribution is -2.56. The van der Waals surface area contributed by atoms with Crippen molar-refractivity contribution in [1.29, 1.82) is 0 Å². The van der Waals surface area contributed by atoms with Crippen LogP contribution in [0.4, 0.5) is 0 Å². The van der Waals surface area contributed by atoms with Crippen molar-refractivity contribution in [2.45, 2.75) is 71.5 Å². The number of nitrogens with one attached hydrogen (secondary N) is 2. The number of aliphatic carboxylic acids is 1. The number of aliphatic imine (C=N–C) groups is 1. The largest absolute Gasteiger partial charge is 0.481 e. The number of benzene rings is 2. The average Bonchev–Trinajstić information content (AvgIpc) is 3.01. The molecule has 2 rings (SSSR count). The fourth-order valence-corrected chi connectivity index (χ4v) is 4.97. The summed E-state index contributed by atoms with van der Waals surface area (Å²) in [5.74, 6) is -2.69. The van der Waals surface area contributed by atoms with E-state index in [1.165, 1.54) is 25.1 Å². The van der Waals surface area contributed by atoms with Crippen LogP contribution in [0.25, 0.3) is 0 Å². The van der Waals surface area contributed by atoms with E-state index in [0.717, 1.165) is 5.56 Å². The lowest BCUT2D eigenvalue weighted by atomic mass is 9.97. The topological polar surface area (TPSA) is 198 Å². The summed E-state index contributed by atoms with van der Waals surface area (Å²) < 4.78 is 17.4. The van der Waals surface area contributed by atoms with Crippen LogP contribution in [0.1, 0.15) is 51.7 Å². The van der Waals surface area contributed by atoms with E-state index in [2.05, 4.69) is 15.6 Å². The van der Waals surface area contributed by atoms with Crippen molar-refractivity contribution in [2.24, 2.45) is 16.1 Å². The lowest BCUT2D eigenvalue weighted by molar-refractivity contribution is -0.143. The van der Waals surface area contributed by atoms with Gasteiger partial charge in [-0.1, -0.05) is 42.5 Å². The highest BCUT2D eigenvalue weighted by Gasteiger charge is 2.31. The number of amidine groups is 1. The molecule has 262 valence electrons. The van der Waals surface area contributed by atoms with Crippen molar-refractivity contribution < 1.29 is 38.0 Å². The third kappa shape index (κ3) is 14.0. The smallest absolute Gasteiger partial charge is 0.316 e. The standard InChI is InChI=1S/C34H47N5O8S/c1-22(35)36-27(20-24-12-14-25(15-13-24)47-33(45)34(2,3)4)31(43)37-26(17-19-48(6)46)30(42)38-28(21-23-10-8-7-9-11-23)32(44)39(5)18-16-29(40)41/h7-15,26-28H,16-21H2,1-6H3,(H2,35,36)(H,37,43)(H,38,42)(H,40,41)/t26-,27+,28+,48?/m1/s1. The molecule has 0 bridgehead atoms. The Kier molecular flexibility index (Phi) is 15.4. The van der Waals surface area contributed by atoms with Crippen molar-refractivity contribution in [3.8, 4) is 5.75 Å². The minimum absolute atomic E-state index is 0.00761. The molecule has 0 aliphatic carbocycles. The lowest BCUT2D eigenvalue weighted by Gasteiger charge is -2.27. The first kappa shape index (κ1) is 39.6. The van der Waals surface area contributed by atoms with Gasteiger partial charge in [-0.3, -0.25) is 33.2 Å². The first-order valence-corrected chi connectivity index (χ1v) is 17.2. The molecule has 1 unspecified atom stereocenters. The summed E-state index contributed by atoms with van der Waals surface area (Å²) in [6.45, 7) is 6.69. The summed E-state index contributed by atoms with van der Waals surface area (Å²) in [4.78, 5) is 69.6. The monoisotopic (exact) mass is 685 g/mol. The summed E-state index contributed by atoms with van der Waals surface area (Å²) in [7, 11) is 0.158. The van der Waals surface area contributed by atoms with Gasteiger partial charge in [0.2, 0.25) is 17.7 Å². The number of ether oxygens (including phenoxy) is 1. The van der Waals surface area contributed by atoms with Gasteiger partial charge in [0, 0.05) is 49.2 Å². The first-order valence-electron chi connectivity index (χ1n) is 15.5. The molecule has 3 amide bonds. The molecule has 0 aliphatic heterocycles. The van der Waals surface area contributed by atoms with Gasteiger partial charge in [0.1, 0.15) is 23.9 Å². The van der Waals surface area contributed by atoms with E-state index in [1.807, 2.05) is 6.07 Å². The van der Waals surface area contributed by atoms with Crippen LogP contribution in [0.2, 0.25) is 0 Å². The summed E-state index contributed by atoms with van der Waals surface area (Å²) >= 11 is 0. The maximum atomic E-state index is 13.7. The highest BCUT2D eigenvalue weighted by atomic mass is 32.2. The van der Waals surface area contributed by atoms with E-state index in [-0.39, 0.29) is 43.8 Å². The molecule has 0 aromatic heterocycles. The molecule has 5 N–H and O–H groups in total. The zero-order valence-corrected chi connectivity index (χ0v) is 29.2. The molecule has 14 heteroatoms. The zero-order chi connectivity index (χ0) is 36.0. The van der Waals surface area contributed by atoms with Gasteiger partial charge in [0.25, 0.3) is 0 Å². The summed E-state index contributed by atoms with van der Waals surface area (Å²) in [6.07, 6.45) is 1.42. The maximum absolute atomic E-state index is 13.7. The Morgan fingerprint density at radius 1 is 0.938 bits per heavy atom. The minimum atomic E-state index is -1.29. The fraction of sp³-hybridized carbons (Fsp3) is 0.471. The molecule has 13 nitrogen and oxygen atoms in total. The SMILES string of the molecule is CC(N)=N[C@@H](Cc1ccc(OC(=O)C(C)(C)C)cc1)C(=O)N[C@H](CCS(C)=O)C(=O)N[C@@H](Cc1ccccc1)C(=O)N(C)CCC(=O)O. The summed E-state index contributed by atoms with van der Waals surface area (Å²) in [5.41, 5.74) is 6.60. The van der Waals surface area contributed by atoms with E-state index >= 15 is 0 Å². The number of carboxylic acid groups (broad SMARTS) is 1. The Hall–Kier alpha value is -4.59. The molecule has 0 spiro atoms. The Bertz CT molecular complexity index is 1470. The van der Waals surface area contributed by atoms with Gasteiger partial charge < -0.3 is 31.1 Å². The van der Waals surface area contributed by atoms with Gasteiger partial charge in [-0.25, -0.2) is 0 Å². The van der Waals surface area contributed by atoms with Crippen LogP contribution in [0.3, 0.4) is 0 Å². The zero-order valence-electron chi connectivity index (χ0n) is 28.4. The second kappa shape index (κ2) is 18.7. The van der Waals surface area contributed by atoms with E-state index < -0.39 is 64.0 Å². The summed E-state index contributed by atoms with van der Waals surface area (Å²) in [6, 6.07) is 12.3. The van der Waals surface area contributed by atoms with Gasteiger partial charge in [-0.05, 0) is 57.4 Å². The number of carbonyl (C=O) groups is 5. The minimum Gasteiger partial charge on any atom is -0.481 e. The number of likely N-dealkylation sites (N-methyl/N-ethyl adjacent to an activating group) is 1. The van der Waals surface area contributed by atoms with E-state index in [9.17, 15) is 28.2 Å². The normalized spacial score (nSPS) is 14.2. The molecule has 0 saturated carbocycles. The Morgan fingerprint density at radius 3 is 2.06 bits per heavy atom. The van der Waals surface area contributed by atoms with E-state index in [0.29, 0.717) is 11.3 Å². The second-order valence-corrected chi connectivity index (χ2v) is 14.1. The highest BCUT2D eigenvalue weighted by molar-refractivity contribution is 7.84. The van der Waals surface area contributed by atoms with Crippen molar-refractivity contribution in [3.63, 3.8) is 0 Å². The predicted molar refractivity (Wildman–Crippen MR) is 184 cm³/mol. The van der Waals surface area contributed by atoms with Crippen molar-refractivity contribution in [2.75, 3.05) is 25.6 Å². The van der Waals surface area contributed by atoms with Gasteiger partial charge in [0.05, 0.1) is 17.7 Å². The van der Waals surface area contributed by atoms with E-state index in [1.54, 1.807) is 69.3 Å². The van der Waals surface area contributed by atoms with Crippen LogP contribution in [-0.2, 0) is 47.6 Å². The molecule has 4 atom stereocenters. The van der Waals surface area contributed by atoms with Crippen molar-refractivity contribution in [3.05, 3.63) is 65.7 Å². The molecular weight excluding hydrogens is 638 g/mol. The molecular formula is C34H47N5O8S. The Labute approximate surface area is 284 Å². The number of esters is 1. The first-order chi connectivity index (χ1) is 22.5. The summed E-state index contributed by atoms with van der Waals surface area (Å²) in [5, 5.41) is 14.5. The molecule has 0 radical (unpaired) electrons. The fourth-order valence-electron chi connectivity index (χ4n) is 4.40. The van der Waals surface area contributed by atoms with Crippen LogP contribution in [0.15, 0.2) is 59.6 Å². The quantitative estimate of drug-likeness (QED) is 0.0831. The van der Waals surface area contributed by atoms with Crippen molar-refractivity contribution >= 4 is 46.3 Å². The Morgan fingerprint density at radius 2 is 1.52 bits per heavy atom. The van der Waals surface area contributed by atoms with Crippen LogP contribution in [0.5, 0.6) is 5.75 Å². The number of rotatable bonds is 17. The molecule has 0 aliphatic rings. The number of amides is 3. The Balaban J connectivity index is 2.29. The van der Waals surface area contributed by atoms with Gasteiger partial charge in [-0.2, -0.15) is 0 Å². The molecule has 48 heavy (non-hydrogen) atoms. The third-order valence-corrected chi connectivity index (χ3v) is 7.91. The molecule has 2 aromatic carbocycles. The highest BCUT2D eigenvalue weighted by Crippen LogP contribution is 2.20. The van der Waals surface area contributed by atoms with Crippen LogP contribution in [-0.4, -0.2) is 93.4 Å². The number of nitrogens with zero attached hydrogens (tertiary/aromatic N) is 2. The number of carboxylic acids is 1. The van der Waals surface area contributed by atoms with Crippen LogP contribution in [0, 0.1) is 5.41 Å². The maximum Gasteiger partial charge on any atom is 0.316 e. The van der Waals surface area contributed by atoms with Gasteiger partial charge >= 0.3 is 11.9 Å². The van der Waals surface area contributed by atoms with Crippen LogP contribution < -0.4 is 21.1 Å². The molecule has 0 fully saturated rings. The number of hydrogen-bond acceptors (Lipinski definition) is 8. The number of hydrogen-bond donors (Lipinski definition) is 4. The van der Waals surface area contributed by atoms with Crippen LogP contribution >= 0.6 is 0 Å². The third-order valence-electron chi connectivity index (χ3n) is 7.10. The molecule has 2 aromatic rings. The van der Waals surface area contributed by atoms with E-state index in [4.69, 9.17) is 15.6 Å². The van der Waals surface area contributed by atoms with Gasteiger partial charge in [0.15, 0.2) is 0 Å². The van der Waals surface area contributed by atoms with Crippen molar-refractivity contribution in [1.82, 2.24) is 15.5 Å². The average molecular weight is 686 g/mol. The second-order valence-electron chi connectivity index (χ2n) is 12.6. The van der Waals surface area contributed by atoms with Gasteiger partial charge in [-0.15, -0.1) is 0 Å².